The van der Waals surface area contributed by atoms with Gasteiger partial charge in [0.1, 0.15) is 0 Å². The predicted molar refractivity (Wildman–Crippen MR) is 66.9 cm³/mol. The molecule has 2 heteroatoms. The van der Waals surface area contributed by atoms with Crippen molar-refractivity contribution in [1.29, 1.82) is 0 Å². The zero-order valence-corrected chi connectivity index (χ0v) is 12.1. The van der Waals surface area contributed by atoms with Gasteiger partial charge >= 0.3 is 37.7 Å². The minimum atomic E-state index is 0. The number of unbranched alkanes of at least 4 members (excludes halogenated alkanes) is 9. The molecule has 0 unspecified atom stereocenters. The molecule has 0 rings (SSSR count). The van der Waals surface area contributed by atoms with E-state index in [9.17, 15) is 0 Å². The summed E-state index contributed by atoms with van der Waals surface area (Å²) in [6.45, 7) is 2.63. The van der Waals surface area contributed by atoms with Crippen LogP contribution in [0.2, 0.25) is 0 Å². The molecule has 0 aromatic heterocycles. The van der Waals surface area contributed by atoms with Gasteiger partial charge in [0.05, 0.1) is 0 Å². The normalized spacial score (nSPS) is 9.86. The van der Waals surface area contributed by atoms with Gasteiger partial charge in [0.15, 0.2) is 0 Å². The van der Waals surface area contributed by atoms with E-state index in [1.54, 1.807) is 0 Å². The Hall–Kier alpha value is 1.22. The SMILES string of the molecule is CCCCCCCCCCCCO.[Ca+2].[H-].[H-]. The van der Waals surface area contributed by atoms with Crippen molar-refractivity contribution in [2.45, 2.75) is 71.1 Å². The molecule has 0 spiro atoms. The largest absolute Gasteiger partial charge is 2.00 e. The maximum absolute atomic E-state index is 8.57. The van der Waals surface area contributed by atoms with Gasteiger partial charge in [0.25, 0.3) is 0 Å². The molecular weight excluding hydrogens is 200 g/mol. The van der Waals surface area contributed by atoms with Crippen LogP contribution in [0.25, 0.3) is 0 Å². The maximum atomic E-state index is 8.57. The average molecular weight is 228 g/mol. The van der Waals surface area contributed by atoms with E-state index in [0.29, 0.717) is 6.61 Å². The number of aliphatic hydroxyl groups excluding tert-OH is 1. The Bertz CT molecular complexity index is 85.1. The van der Waals surface area contributed by atoms with Gasteiger partial charge in [0.2, 0.25) is 0 Å². The van der Waals surface area contributed by atoms with Crippen LogP contribution < -0.4 is 0 Å². The summed E-state index contributed by atoms with van der Waals surface area (Å²) in [4.78, 5) is 0. The van der Waals surface area contributed by atoms with Crippen LogP contribution in [-0.2, 0) is 0 Å². The van der Waals surface area contributed by atoms with Gasteiger partial charge in [-0.1, -0.05) is 64.7 Å². The van der Waals surface area contributed by atoms with Crippen LogP contribution in [0.15, 0.2) is 0 Å². The molecule has 84 valence electrons. The van der Waals surface area contributed by atoms with Crippen molar-refractivity contribution in [1.82, 2.24) is 0 Å². The van der Waals surface area contributed by atoms with Crippen LogP contribution in [-0.4, -0.2) is 49.5 Å². The van der Waals surface area contributed by atoms with Crippen molar-refractivity contribution >= 4 is 37.7 Å². The minimum Gasteiger partial charge on any atom is -1.00 e. The van der Waals surface area contributed by atoms with E-state index < -0.39 is 0 Å². The van der Waals surface area contributed by atoms with Crippen LogP contribution in [0.3, 0.4) is 0 Å². The summed E-state index contributed by atoms with van der Waals surface area (Å²) < 4.78 is 0. The van der Waals surface area contributed by atoms with E-state index in [2.05, 4.69) is 6.92 Å². The van der Waals surface area contributed by atoms with Crippen molar-refractivity contribution in [3.8, 4) is 0 Å². The molecule has 14 heavy (non-hydrogen) atoms. The first-order chi connectivity index (χ1) is 6.41. The standard InChI is InChI=1S/C12H26O.Ca.2H/c1-2-3-4-5-6-7-8-9-10-11-12-13;;;/h13H,2-12H2,1H3;;;/q;+2;2*-1. The molecule has 0 saturated carbocycles. The van der Waals surface area contributed by atoms with E-state index >= 15 is 0 Å². The molecule has 0 atom stereocenters. The topological polar surface area (TPSA) is 20.2 Å². The Kier molecular flexibility index (Phi) is 20.9. The molecule has 1 N–H and O–H groups in total. The van der Waals surface area contributed by atoms with Crippen molar-refractivity contribution in [3.63, 3.8) is 0 Å². The van der Waals surface area contributed by atoms with Gasteiger partial charge in [-0.15, -0.1) is 0 Å². The van der Waals surface area contributed by atoms with Gasteiger partial charge in [0, 0.05) is 6.61 Å². The molecule has 0 fully saturated rings. The van der Waals surface area contributed by atoms with Crippen molar-refractivity contribution < 1.29 is 7.96 Å². The predicted octanol–water partition coefficient (Wildman–Crippen LogP) is 3.74. The second-order valence-electron chi connectivity index (χ2n) is 3.91. The van der Waals surface area contributed by atoms with Gasteiger partial charge in [-0.3, -0.25) is 0 Å². The fourth-order valence-corrected chi connectivity index (χ4v) is 1.60. The van der Waals surface area contributed by atoms with E-state index in [1.807, 2.05) is 0 Å². The summed E-state index contributed by atoms with van der Waals surface area (Å²) in [6, 6.07) is 0. The van der Waals surface area contributed by atoms with Crippen molar-refractivity contribution in [3.05, 3.63) is 0 Å². The van der Waals surface area contributed by atoms with Gasteiger partial charge in [-0.25, -0.2) is 0 Å². The molecular formula is C12H28CaO. The van der Waals surface area contributed by atoms with Crippen LogP contribution in [0.1, 0.15) is 74.0 Å². The molecule has 0 heterocycles. The van der Waals surface area contributed by atoms with Gasteiger partial charge < -0.3 is 7.96 Å². The van der Waals surface area contributed by atoms with Crippen molar-refractivity contribution in [2.24, 2.45) is 0 Å². The molecule has 0 bridgehead atoms. The average Bonchev–Trinajstić information content (AvgIpc) is 2.16. The zero-order chi connectivity index (χ0) is 9.78. The monoisotopic (exact) mass is 228 g/mol. The third kappa shape index (κ3) is 15.7. The summed E-state index contributed by atoms with van der Waals surface area (Å²) in [7, 11) is 0. The smallest absolute Gasteiger partial charge is 1.00 e. The first-order valence-corrected chi connectivity index (χ1v) is 6.02. The molecule has 0 saturated heterocycles. The summed E-state index contributed by atoms with van der Waals surface area (Å²) in [6.07, 6.45) is 13.3. The fraction of sp³-hybridized carbons (Fsp3) is 1.00. The molecule has 1 nitrogen and oxygen atoms in total. The second kappa shape index (κ2) is 16.6. The van der Waals surface area contributed by atoms with Gasteiger partial charge in [-0.2, -0.15) is 0 Å². The quantitative estimate of drug-likeness (QED) is 0.446. The first kappa shape index (κ1) is 17.6. The number of hydrogen-bond donors (Lipinski definition) is 1. The molecule has 0 radical (unpaired) electrons. The van der Waals surface area contributed by atoms with E-state index in [1.165, 1.54) is 57.8 Å². The van der Waals surface area contributed by atoms with E-state index in [0.717, 1.165) is 6.42 Å². The summed E-state index contributed by atoms with van der Waals surface area (Å²) >= 11 is 0. The van der Waals surface area contributed by atoms with Crippen LogP contribution in [0, 0.1) is 0 Å². The van der Waals surface area contributed by atoms with E-state index in [4.69, 9.17) is 5.11 Å². The minimum absolute atomic E-state index is 0. The Morgan fingerprint density at radius 1 is 0.714 bits per heavy atom. The Morgan fingerprint density at radius 2 is 1.07 bits per heavy atom. The summed E-state index contributed by atoms with van der Waals surface area (Å²) in [5.41, 5.74) is 0. The third-order valence-electron chi connectivity index (χ3n) is 2.51. The Morgan fingerprint density at radius 3 is 1.43 bits per heavy atom. The molecule has 0 aliphatic carbocycles. The van der Waals surface area contributed by atoms with Crippen LogP contribution >= 0.6 is 0 Å². The number of rotatable bonds is 10. The van der Waals surface area contributed by atoms with Crippen molar-refractivity contribution in [2.75, 3.05) is 6.61 Å². The Balaban J connectivity index is -0.000000240. The zero-order valence-electron chi connectivity index (χ0n) is 11.9. The molecule has 0 aromatic carbocycles. The van der Waals surface area contributed by atoms with Gasteiger partial charge in [-0.05, 0) is 6.42 Å². The molecule has 0 aromatic rings. The Labute approximate surface area is 123 Å². The van der Waals surface area contributed by atoms with Crippen LogP contribution in [0.5, 0.6) is 0 Å². The maximum Gasteiger partial charge on any atom is 2.00 e. The summed E-state index contributed by atoms with van der Waals surface area (Å²) in [5, 5.41) is 8.57. The first-order valence-electron chi connectivity index (χ1n) is 6.02. The molecule has 0 aliphatic heterocycles. The molecule has 0 aliphatic rings. The summed E-state index contributed by atoms with van der Waals surface area (Å²) in [5.74, 6) is 0. The van der Waals surface area contributed by atoms with Crippen LogP contribution in [0.4, 0.5) is 0 Å². The number of aliphatic hydroxyl groups is 1. The second-order valence-corrected chi connectivity index (χ2v) is 3.91. The number of hydrogen-bond acceptors (Lipinski definition) is 1. The third-order valence-corrected chi connectivity index (χ3v) is 2.51. The fourth-order valence-electron chi connectivity index (χ4n) is 1.60. The molecule has 0 amide bonds. The van der Waals surface area contributed by atoms with E-state index in [-0.39, 0.29) is 40.6 Å².